The van der Waals surface area contributed by atoms with Gasteiger partial charge in [-0.05, 0) is 59.7 Å². The molecule has 150 valence electrons. The lowest BCUT2D eigenvalue weighted by molar-refractivity contribution is -0.113. The van der Waals surface area contributed by atoms with Crippen LogP contribution in [0.5, 0.6) is 5.75 Å². The third kappa shape index (κ3) is 4.34. The van der Waals surface area contributed by atoms with Crippen molar-refractivity contribution in [2.24, 2.45) is 0 Å². The van der Waals surface area contributed by atoms with E-state index in [0.29, 0.717) is 23.1 Å². The molecule has 0 saturated carbocycles. The van der Waals surface area contributed by atoms with Crippen LogP contribution in [0.3, 0.4) is 0 Å². The summed E-state index contributed by atoms with van der Waals surface area (Å²) in [4.78, 5) is 26.0. The third-order valence-electron chi connectivity index (χ3n) is 4.45. The summed E-state index contributed by atoms with van der Waals surface area (Å²) in [6, 6.07) is 19.1. The van der Waals surface area contributed by atoms with Crippen molar-refractivity contribution in [1.82, 2.24) is 5.32 Å². The lowest BCUT2D eigenvalue weighted by Gasteiger charge is -2.11. The van der Waals surface area contributed by atoms with Gasteiger partial charge in [-0.1, -0.05) is 41.9 Å². The van der Waals surface area contributed by atoms with E-state index in [0.717, 1.165) is 16.0 Å². The molecule has 1 heterocycles. The first-order chi connectivity index (χ1) is 14.5. The van der Waals surface area contributed by atoms with Gasteiger partial charge in [-0.2, -0.15) is 0 Å². The van der Waals surface area contributed by atoms with E-state index < -0.39 is 11.9 Å². The Morgan fingerprint density at radius 2 is 1.73 bits per heavy atom. The SMILES string of the molecule is O=C1N/C(=C/c2ccc(OCc3ccc(F)cc3)cc2)C(=O)N1c1cccc(Cl)c1. The first kappa shape index (κ1) is 19.7. The molecule has 5 nitrogen and oxygen atoms in total. The Morgan fingerprint density at radius 1 is 1.00 bits per heavy atom. The van der Waals surface area contributed by atoms with Gasteiger partial charge in [-0.15, -0.1) is 0 Å². The van der Waals surface area contributed by atoms with E-state index in [-0.39, 0.29) is 11.5 Å². The summed E-state index contributed by atoms with van der Waals surface area (Å²) in [6.45, 7) is 0.309. The molecule has 0 radical (unpaired) electrons. The highest BCUT2D eigenvalue weighted by molar-refractivity contribution is 6.32. The number of imide groups is 1. The maximum absolute atomic E-state index is 12.9. The van der Waals surface area contributed by atoms with Gasteiger partial charge in [0.1, 0.15) is 23.9 Å². The predicted octanol–water partition coefficient (Wildman–Crippen LogP) is 5.16. The predicted molar refractivity (Wildman–Crippen MR) is 113 cm³/mol. The maximum atomic E-state index is 12.9. The molecule has 1 fully saturated rings. The zero-order valence-corrected chi connectivity index (χ0v) is 16.4. The van der Waals surface area contributed by atoms with Gasteiger partial charge in [0.2, 0.25) is 0 Å². The van der Waals surface area contributed by atoms with E-state index in [1.54, 1.807) is 66.7 Å². The molecule has 1 N–H and O–H groups in total. The van der Waals surface area contributed by atoms with E-state index in [2.05, 4.69) is 5.32 Å². The largest absolute Gasteiger partial charge is 0.489 e. The molecule has 1 aliphatic heterocycles. The monoisotopic (exact) mass is 422 g/mol. The van der Waals surface area contributed by atoms with Gasteiger partial charge in [0.15, 0.2) is 0 Å². The average Bonchev–Trinajstić information content (AvgIpc) is 3.01. The van der Waals surface area contributed by atoms with Gasteiger partial charge >= 0.3 is 6.03 Å². The van der Waals surface area contributed by atoms with Crippen LogP contribution in [-0.4, -0.2) is 11.9 Å². The van der Waals surface area contributed by atoms with Crippen LogP contribution in [0.15, 0.2) is 78.5 Å². The fraction of sp³-hybridized carbons (Fsp3) is 0.0435. The minimum absolute atomic E-state index is 0.167. The first-order valence-electron chi connectivity index (χ1n) is 9.09. The van der Waals surface area contributed by atoms with Crippen molar-refractivity contribution in [2.75, 3.05) is 4.90 Å². The summed E-state index contributed by atoms with van der Waals surface area (Å²) in [5.74, 6) is -0.124. The van der Waals surface area contributed by atoms with Gasteiger partial charge in [0.05, 0.1) is 5.69 Å². The summed E-state index contributed by atoms with van der Waals surface area (Å²) in [6.07, 6.45) is 1.59. The zero-order valence-electron chi connectivity index (χ0n) is 15.6. The number of carbonyl (C=O) groups excluding carboxylic acids is 2. The van der Waals surface area contributed by atoms with Gasteiger partial charge in [0, 0.05) is 5.02 Å². The number of anilines is 1. The number of urea groups is 1. The smallest absolute Gasteiger partial charge is 0.333 e. The van der Waals surface area contributed by atoms with Crippen molar-refractivity contribution < 1.29 is 18.7 Å². The highest BCUT2D eigenvalue weighted by atomic mass is 35.5. The number of halogens is 2. The Labute approximate surface area is 177 Å². The van der Waals surface area contributed by atoms with E-state index in [1.165, 1.54) is 12.1 Å². The van der Waals surface area contributed by atoms with Crippen LogP contribution in [0.4, 0.5) is 14.9 Å². The van der Waals surface area contributed by atoms with Gasteiger partial charge in [0.25, 0.3) is 5.91 Å². The highest BCUT2D eigenvalue weighted by Gasteiger charge is 2.34. The lowest BCUT2D eigenvalue weighted by Crippen LogP contribution is -2.30. The molecule has 7 heteroatoms. The van der Waals surface area contributed by atoms with Crippen molar-refractivity contribution in [1.29, 1.82) is 0 Å². The van der Waals surface area contributed by atoms with Gasteiger partial charge in [-0.3, -0.25) is 4.79 Å². The number of rotatable bonds is 5. The molecule has 4 rings (SSSR count). The number of nitrogens with zero attached hydrogens (tertiary/aromatic N) is 1. The van der Waals surface area contributed by atoms with Crippen LogP contribution in [0.1, 0.15) is 11.1 Å². The minimum atomic E-state index is -0.534. The van der Waals surface area contributed by atoms with E-state index in [1.807, 2.05) is 0 Å². The number of ether oxygens (including phenoxy) is 1. The number of hydrogen-bond acceptors (Lipinski definition) is 3. The minimum Gasteiger partial charge on any atom is -0.489 e. The zero-order chi connectivity index (χ0) is 21.1. The van der Waals surface area contributed by atoms with Crippen molar-refractivity contribution >= 4 is 35.3 Å². The number of amides is 3. The van der Waals surface area contributed by atoms with E-state index in [4.69, 9.17) is 16.3 Å². The normalized spacial score (nSPS) is 14.9. The van der Waals surface area contributed by atoms with Gasteiger partial charge in [-0.25, -0.2) is 14.1 Å². The van der Waals surface area contributed by atoms with Gasteiger partial charge < -0.3 is 10.1 Å². The quantitative estimate of drug-likeness (QED) is 0.456. The van der Waals surface area contributed by atoms with Crippen LogP contribution in [0.25, 0.3) is 6.08 Å². The van der Waals surface area contributed by atoms with Crippen LogP contribution in [-0.2, 0) is 11.4 Å². The second kappa shape index (κ2) is 8.39. The molecule has 0 spiro atoms. The standard InChI is InChI=1S/C23H16ClFN2O3/c24-17-2-1-3-19(13-17)27-22(28)21(26-23(27)29)12-15-6-10-20(11-7-15)30-14-16-4-8-18(25)9-5-16/h1-13H,14H2,(H,26,29)/b21-12+. The molecule has 0 atom stereocenters. The summed E-state index contributed by atoms with van der Waals surface area (Å²) < 4.78 is 18.6. The van der Waals surface area contributed by atoms with Crippen LogP contribution in [0.2, 0.25) is 5.02 Å². The molecule has 3 aromatic rings. The second-order valence-corrected chi connectivity index (χ2v) is 7.03. The Kier molecular flexibility index (Phi) is 5.50. The number of benzene rings is 3. The molecule has 0 aliphatic carbocycles. The highest BCUT2D eigenvalue weighted by Crippen LogP contribution is 2.25. The van der Waals surface area contributed by atoms with E-state index >= 15 is 0 Å². The van der Waals surface area contributed by atoms with Crippen LogP contribution < -0.4 is 15.0 Å². The Morgan fingerprint density at radius 3 is 2.43 bits per heavy atom. The third-order valence-corrected chi connectivity index (χ3v) is 4.69. The molecule has 30 heavy (non-hydrogen) atoms. The number of hydrogen-bond donors (Lipinski definition) is 1. The Bertz CT molecular complexity index is 1130. The fourth-order valence-corrected chi connectivity index (χ4v) is 3.14. The van der Waals surface area contributed by atoms with E-state index in [9.17, 15) is 14.0 Å². The molecule has 1 aliphatic rings. The molecule has 0 unspecified atom stereocenters. The van der Waals surface area contributed by atoms with Crippen molar-refractivity contribution in [3.63, 3.8) is 0 Å². The number of carbonyl (C=O) groups is 2. The van der Waals surface area contributed by atoms with Crippen LogP contribution >= 0.6 is 11.6 Å². The summed E-state index contributed by atoms with van der Waals surface area (Å²) in [5, 5.41) is 3.01. The summed E-state index contributed by atoms with van der Waals surface area (Å²) >= 11 is 5.96. The fourth-order valence-electron chi connectivity index (χ4n) is 2.96. The summed E-state index contributed by atoms with van der Waals surface area (Å²) in [5.41, 5.74) is 2.14. The van der Waals surface area contributed by atoms with Crippen LogP contribution in [0, 0.1) is 5.82 Å². The van der Waals surface area contributed by atoms with Crippen molar-refractivity contribution in [3.05, 3.63) is 100 Å². The lowest BCUT2D eigenvalue weighted by atomic mass is 10.2. The molecule has 0 aromatic heterocycles. The molecule has 0 bridgehead atoms. The molecule has 3 amide bonds. The maximum Gasteiger partial charge on any atom is 0.333 e. The Hall–Kier alpha value is -3.64. The van der Waals surface area contributed by atoms with Crippen molar-refractivity contribution in [3.8, 4) is 5.75 Å². The van der Waals surface area contributed by atoms with Crippen molar-refractivity contribution in [2.45, 2.75) is 6.61 Å². The Balaban J connectivity index is 1.45. The molecular weight excluding hydrogens is 407 g/mol. The average molecular weight is 423 g/mol. The second-order valence-electron chi connectivity index (χ2n) is 6.59. The topological polar surface area (TPSA) is 58.6 Å². The molecular formula is C23H16ClFN2O3. The molecule has 1 saturated heterocycles. The first-order valence-corrected chi connectivity index (χ1v) is 9.47. The summed E-state index contributed by atoms with van der Waals surface area (Å²) in [7, 11) is 0. The molecule has 3 aromatic carbocycles. The number of nitrogens with one attached hydrogen (secondary N) is 1.